The predicted octanol–water partition coefficient (Wildman–Crippen LogP) is 8.13. The zero-order valence-electron chi connectivity index (χ0n) is 28.2. The summed E-state index contributed by atoms with van der Waals surface area (Å²) in [4.78, 5) is 29.4. The fraction of sp³-hybridized carbons (Fsp3) is 0.150. The lowest BCUT2D eigenvalue weighted by molar-refractivity contribution is 0.0721. The van der Waals surface area contributed by atoms with Crippen LogP contribution in [0.2, 0.25) is 0 Å². The molecule has 6 aromatic rings. The summed E-state index contributed by atoms with van der Waals surface area (Å²) >= 11 is 0. The molecule has 0 bridgehead atoms. The molecule has 0 aliphatic carbocycles. The first-order valence-electron chi connectivity index (χ1n) is 15.5. The van der Waals surface area contributed by atoms with E-state index < -0.39 is 11.9 Å². The second-order valence-electron chi connectivity index (χ2n) is 11.2. The Morgan fingerprint density at radius 2 is 0.800 bits per heavy atom. The number of rotatable bonds is 6. The number of fused-ring (bicyclic) bond motifs is 10. The van der Waals surface area contributed by atoms with Crippen LogP contribution in [0, 0.1) is 0 Å². The number of hydrogen-bond acceptors (Lipinski definition) is 10. The molecular weight excluding hydrogens is 640 g/mol. The average Bonchev–Trinajstić information content (AvgIpc) is 3.15. The van der Waals surface area contributed by atoms with Gasteiger partial charge in [-0.2, -0.15) is 0 Å². The van der Waals surface area contributed by atoms with Gasteiger partial charge in [-0.05, 0) is 45.8 Å². The molecule has 10 nitrogen and oxygen atoms in total. The molecule has 1 aliphatic heterocycles. The molecule has 50 heavy (non-hydrogen) atoms. The molecule has 1 heterocycles. The number of methoxy groups -OCH3 is 6. The smallest absolute Gasteiger partial charge is 0.344 e. The summed E-state index contributed by atoms with van der Waals surface area (Å²) in [5.41, 5.74) is 1.32. The number of benzene rings is 6. The molecule has 0 radical (unpaired) electrons. The second kappa shape index (κ2) is 12.9. The quantitative estimate of drug-likeness (QED) is 0.127. The van der Waals surface area contributed by atoms with Crippen LogP contribution in [0.25, 0.3) is 43.8 Å². The normalized spacial score (nSPS) is 12.2. The Labute approximate surface area is 287 Å². The lowest BCUT2D eigenvalue weighted by Gasteiger charge is -2.25. The first-order valence-corrected chi connectivity index (χ1v) is 15.5. The van der Waals surface area contributed by atoms with E-state index in [-0.39, 0.29) is 68.2 Å². The summed E-state index contributed by atoms with van der Waals surface area (Å²) in [7, 11) is 8.57. The van der Waals surface area contributed by atoms with Crippen molar-refractivity contribution in [2.45, 2.75) is 0 Å². The minimum Gasteiger partial charge on any atom is -0.493 e. The highest BCUT2D eigenvalue weighted by Gasteiger charge is 2.36. The summed E-state index contributed by atoms with van der Waals surface area (Å²) in [5.74, 6) is -0.230. The lowest BCUT2D eigenvalue weighted by atomic mass is 9.90. The van der Waals surface area contributed by atoms with Gasteiger partial charge in [0.15, 0.2) is 23.0 Å². The Morgan fingerprint density at radius 1 is 0.420 bits per heavy atom. The van der Waals surface area contributed by atoms with E-state index in [9.17, 15) is 9.59 Å². The van der Waals surface area contributed by atoms with E-state index in [0.29, 0.717) is 11.1 Å². The molecule has 0 spiro atoms. The van der Waals surface area contributed by atoms with E-state index >= 15 is 0 Å². The number of hydrogen-bond donors (Lipinski definition) is 0. The van der Waals surface area contributed by atoms with Crippen LogP contribution < -0.4 is 37.9 Å². The number of ether oxygens (including phenoxy) is 8. The molecule has 0 aromatic heterocycles. The molecular formula is C40H32O10. The molecule has 0 amide bonds. The van der Waals surface area contributed by atoms with Crippen LogP contribution in [-0.4, -0.2) is 54.6 Å². The Kier molecular flexibility index (Phi) is 8.28. The third-order valence-corrected chi connectivity index (χ3v) is 8.79. The number of carbonyl (C=O) groups excluding carboxylic acids is 2. The summed E-state index contributed by atoms with van der Waals surface area (Å²) in [6.07, 6.45) is 0. The van der Waals surface area contributed by atoms with Crippen LogP contribution in [-0.2, 0) is 0 Å². The van der Waals surface area contributed by atoms with E-state index in [1.165, 1.54) is 54.8 Å². The van der Waals surface area contributed by atoms with Crippen LogP contribution in [0.5, 0.6) is 46.0 Å². The fourth-order valence-electron chi connectivity index (χ4n) is 6.63. The van der Waals surface area contributed by atoms with Crippen molar-refractivity contribution in [3.63, 3.8) is 0 Å². The number of carbonyl (C=O) groups is 2. The number of esters is 2. The van der Waals surface area contributed by atoms with Crippen molar-refractivity contribution >= 4 is 33.5 Å². The van der Waals surface area contributed by atoms with Crippen LogP contribution in [0.1, 0.15) is 20.7 Å². The van der Waals surface area contributed by atoms with Crippen LogP contribution in [0.15, 0.2) is 84.9 Å². The van der Waals surface area contributed by atoms with Gasteiger partial charge < -0.3 is 37.9 Å². The highest BCUT2D eigenvalue weighted by molar-refractivity contribution is 6.14. The van der Waals surface area contributed by atoms with Crippen molar-refractivity contribution < 1.29 is 47.5 Å². The molecule has 10 heteroatoms. The van der Waals surface area contributed by atoms with Crippen LogP contribution in [0.3, 0.4) is 0 Å². The lowest BCUT2D eigenvalue weighted by Crippen LogP contribution is -2.17. The van der Waals surface area contributed by atoms with Crippen molar-refractivity contribution in [3.8, 4) is 68.2 Å². The summed E-state index contributed by atoms with van der Waals surface area (Å²) < 4.78 is 47.3. The minimum atomic E-state index is -0.769. The highest BCUT2D eigenvalue weighted by Crippen LogP contribution is 2.55. The summed E-state index contributed by atoms with van der Waals surface area (Å²) in [6, 6.07) is 25.6. The summed E-state index contributed by atoms with van der Waals surface area (Å²) in [6.45, 7) is 0. The zero-order chi connectivity index (χ0) is 35.1. The van der Waals surface area contributed by atoms with Gasteiger partial charge >= 0.3 is 11.9 Å². The first-order chi connectivity index (χ1) is 24.4. The predicted molar refractivity (Wildman–Crippen MR) is 188 cm³/mol. The van der Waals surface area contributed by atoms with Gasteiger partial charge in [0.2, 0.25) is 11.5 Å². The Morgan fingerprint density at radius 3 is 1.16 bits per heavy atom. The molecule has 0 saturated heterocycles. The largest absolute Gasteiger partial charge is 0.493 e. The molecule has 1 aliphatic rings. The van der Waals surface area contributed by atoms with E-state index in [2.05, 4.69) is 0 Å². The van der Waals surface area contributed by atoms with Crippen molar-refractivity contribution in [1.29, 1.82) is 0 Å². The van der Waals surface area contributed by atoms with Gasteiger partial charge in [-0.1, -0.05) is 60.7 Å². The average molecular weight is 673 g/mol. The third-order valence-electron chi connectivity index (χ3n) is 8.79. The Balaban J connectivity index is 1.68. The maximum absolute atomic E-state index is 14.7. The Bertz CT molecular complexity index is 2180. The van der Waals surface area contributed by atoms with Crippen molar-refractivity contribution in [2.75, 3.05) is 42.7 Å². The molecule has 0 unspecified atom stereocenters. The highest BCUT2D eigenvalue weighted by atomic mass is 16.6. The molecule has 0 N–H and O–H groups in total. The van der Waals surface area contributed by atoms with Gasteiger partial charge in [0.25, 0.3) is 0 Å². The topological polar surface area (TPSA) is 108 Å². The van der Waals surface area contributed by atoms with Crippen LogP contribution in [0.4, 0.5) is 0 Å². The maximum Gasteiger partial charge on any atom is 0.344 e. The van der Waals surface area contributed by atoms with Crippen molar-refractivity contribution in [1.82, 2.24) is 0 Å². The minimum absolute atomic E-state index is 0.0168. The van der Waals surface area contributed by atoms with Crippen LogP contribution >= 0.6 is 0 Å². The third kappa shape index (κ3) is 4.95. The van der Waals surface area contributed by atoms with Gasteiger partial charge in [0.05, 0.1) is 53.8 Å². The maximum atomic E-state index is 14.7. The molecule has 0 atom stereocenters. The Hall–Kier alpha value is -6.42. The SMILES string of the molecule is COc1cc2c(c(OC)c1OC)-c1c(cc(OC)c(OC)c1OC)C(=O)Oc1ccc3ccccc3c1-c1c(ccc3ccccc13)OC2=O. The van der Waals surface area contributed by atoms with E-state index in [1.54, 1.807) is 12.1 Å². The molecule has 6 aromatic carbocycles. The molecule has 7 rings (SSSR count). The standard InChI is InChI=1S/C40H32O10/c1-43-29-19-25-33(37(47-5)35(29)45-3)34-26(20-30(44-2)36(46-4)38(34)48-6)40(42)50-28-18-16-22-12-8-10-14-24(22)32(28)31-23-13-9-7-11-21(23)15-17-27(31)49-39(25)41/h7-20H,1-6H3. The van der Waals surface area contributed by atoms with E-state index in [1.807, 2.05) is 60.7 Å². The molecule has 0 fully saturated rings. The van der Waals surface area contributed by atoms with E-state index in [0.717, 1.165) is 21.5 Å². The van der Waals surface area contributed by atoms with E-state index in [4.69, 9.17) is 37.9 Å². The van der Waals surface area contributed by atoms with Crippen molar-refractivity contribution in [2.24, 2.45) is 0 Å². The fourth-order valence-corrected chi connectivity index (χ4v) is 6.63. The van der Waals surface area contributed by atoms with Gasteiger partial charge in [0.1, 0.15) is 11.5 Å². The zero-order valence-corrected chi connectivity index (χ0v) is 28.2. The molecule has 0 saturated carbocycles. The monoisotopic (exact) mass is 672 g/mol. The van der Waals surface area contributed by atoms with Crippen molar-refractivity contribution in [3.05, 3.63) is 96.1 Å². The summed E-state index contributed by atoms with van der Waals surface area (Å²) in [5, 5.41) is 3.34. The second-order valence-corrected chi connectivity index (χ2v) is 11.2. The molecule has 252 valence electrons. The van der Waals surface area contributed by atoms with Gasteiger partial charge in [0, 0.05) is 22.3 Å². The van der Waals surface area contributed by atoms with Gasteiger partial charge in [-0.25, -0.2) is 9.59 Å². The first kappa shape index (κ1) is 32.1. The van der Waals surface area contributed by atoms with Gasteiger partial charge in [-0.3, -0.25) is 0 Å². The van der Waals surface area contributed by atoms with Gasteiger partial charge in [-0.15, -0.1) is 0 Å².